The molecule has 1 aliphatic heterocycles. The molecule has 2 aromatic heterocycles. The molecule has 0 unspecified atom stereocenters. The predicted octanol–water partition coefficient (Wildman–Crippen LogP) is 6.26. The number of carbonyl (C=O) groups is 1. The molecule has 1 saturated heterocycles. The van der Waals surface area contributed by atoms with Gasteiger partial charge in [-0.15, -0.1) is 0 Å². The maximum absolute atomic E-state index is 13.7. The number of nitrogens with one attached hydrogen (secondary N) is 1. The normalized spacial score (nSPS) is 14.3. The van der Waals surface area contributed by atoms with Crippen LogP contribution in [-0.4, -0.2) is 58.0 Å². The Balaban J connectivity index is 1.57. The number of fused-ring (bicyclic) bond motifs is 1. The first-order valence-electron chi connectivity index (χ1n) is 14.2. The quantitative estimate of drug-likeness (QED) is 0.279. The van der Waals surface area contributed by atoms with Gasteiger partial charge in [0.1, 0.15) is 5.76 Å². The van der Waals surface area contributed by atoms with Crippen LogP contribution in [0.15, 0.2) is 41.0 Å². The number of aromatic nitrogens is 2. The first kappa shape index (κ1) is 27.2. The lowest BCUT2D eigenvalue weighted by atomic mass is 10.1. The van der Waals surface area contributed by atoms with Gasteiger partial charge in [-0.2, -0.15) is 0 Å². The van der Waals surface area contributed by atoms with E-state index in [-0.39, 0.29) is 5.91 Å². The van der Waals surface area contributed by atoms with Gasteiger partial charge in [0.25, 0.3) is 5.91 Å². The zero-order chi connectivity index (χ0) is 26.2. The van der Waals surface area contributed by atoms with E-state index < -0.39 is 0 Å². The fourth-order valence-corrected chi connectivity index (χ4v) is 4.98. The van der Waals surface area contributed by atoms with E-state index in [1.807, 2.05) is 29.2 Å². The number of aryl methyl sites for hydroxylation is 1. The van der Waals surface area contributed by atoms with Gasteiger partial charge in [-0.1, -0.05) is 27.7 Å². The van der Waals surface area contributed by atoms with E-state index in [1.54, 1.807) is 6.26 Å². The highest BCUT2D eigenvalue weighted by Gasteiger charge is 2.20. The Bertz CT molecular complexity index is 1100. The first-order chi connectivity index (χ1) is 17.9. The lowest BCUT2D eigenvalue weighted by Gasteiger charge is -2.25. The van der Waals surface area contributed by atoms with Crippen molar-refractivity contribution in [3.8, 4) is 0 Å². The summed E-state index contributed by atoms with van der Waals surface area (Å²) in [5.41, 5.74) is 2.68. The molecule has 202 valence electrons. The van der Waals surface area contributed by atoms with Crippen LogP contribution in [-0.2, 0) is 13.1 Å². The Labute approximate surface area is 222 Å². The van der Waals surface area contributed by atoms with Crippen molar-refractivity contribution in [2.45, 2.75) is 72.9 Å². The summed E-state index contributed by atoms with van der Waals surface area (Å²) in [6.45, 7) is 15.4. The van der Waals surface area contributed by atoms with Gasteiger partial charge in [-0.3, -0.25) is 4.79 Å². The number of nitrogens with zero attached hydrogens (tertiary/aromatic N) is 4. The van der Waals surface area contributed by atoms with Gasteiger partial charge >= 0.3 is 0 Å². The predicted molar refractivity (Wildman–Crippen MR) is 151 cm³/mol. The van der Waals surface area contributed by atoms with E-state index in [2.05, 4.69) is 48.5 Å². The molecule has 4 rings (SSSR count). The third-order valence-corrected chi connectivity index (χ3v) is 7.29. The van der Waals surface area contributed by atoms with Gasteiger partial charge in [0, 0.05) is 25.2 Å². The van der Waals surface area contributed by atoms with Gasteiger partial charge in [0.15, 0.2) is 0 Å². The largest absolute Gasteiger partial charge is 0.467 e. The molecule has 1 amide bonds. The molecule has 0 saturated carbocycles. The fraction of sp³-hybridized carbons (Fsp3) is 0.600. The van der Waals surface area contributed by atoms with E-state index in [4.69, 9.17) is 9.40 Å². The molecule has 0 atom stereocenters. The summed E-state index contributed by atoms with van der Waals surface area (Å²) in [5, 5.41) is 3.47. The minimum atomic E-state index is 0.123. The third kappa shape index (κ3) is 7.60. The molecule has 7 nitrogen and oxygen atoms in total. The van der Waals surface area contributed by atoms with Crippen molar-refractivity contribution >= 4 is 22.9 Å². The Kier molecular flexibility index (Phi) is 9.67. The van der Waals surface area contributed by atoms with Crippen LogP contribution in [0.2, 0.25) is 0 Å². The van der Waals surface area contributed by atoms with Crippen molar-refractivity contribution in [1.82, 2.24) is 19.4 Å². The second kappa shape index (κ2) is 13.1. The van der Waals surface area contributed by atoms with Gasteiger partial charge in [0.2, 0.25) is 5.95 Å². The number of rotatable bonds is 14. The lowest BCUT2D eigenvalue weighted by Crippen LogP contribution is -2.34. The second-order valence-electron chi connectivity index (χ2n) is 11.3. The molecule has 1 aliphatic rings. The van der Waals surface area contributed by atoms with Crippen LogP contribution in [0.3, 0.4) is 0 Å². The molecule has 0 spiro atoms. The van der Waals surface area contributed by atoms with Crippen molar-refractivity contribution in [3.63, 3.8) is 0 Å². The molecule has 7 heteroatoms. The van der Waals surface area contributed by atoms with Crippen LogP contribution in [0.1, 0.15) is 75.9 Å². The molecular weight excluding hydrogens is 462 g/mol. The number of imidazole rings is 1. The molecule has 0 bridgehead atoms. The number of carbonyl (C=O) groups excluding carboxylic acids is 1. The Morgan fingerprint density at radius 3 is 2.43 bits per heavy atom. The van der Waals surface area contributed by atoms with Crippen LogP contribution >= 0.6 is 0 Å². The molecule has 0 aliphatic carbocycles. The van der Waals surface area contributed by atoms with Gasteiger partial charge in [-0.05, 0) is 93.9 Å². The number of anilines is 1. The van der Waals surface area contributed by atoms with Crippen molar-refractivity contribution in [2.24, 2.45) is 11.8 Å². The number of likely N-dealkylation sites (tertiary alicyclic amines) is 1. The smallest absolute Gasteiger partial charge is 0.253 e. The Morgan fingerprint density at radius 2 is 1.78 bits per heavy atom. The van der Waals surface area contributed by atoms with Crippen molar-refractivity contribution < 1.29 is 9.21 Å². The summed E-state index contributed by atoms with van der Waals surface area (Å²) in [6.07, 6.45) is 7.38. The summed E-state index contributed by atoms with van der Waals surface area (Å²) in [5.74, 6) is 2.96. The third-order valence-electron chi connectivity index (χ3n) is 7.29. The maximum Gasteiger partial charge on any atom is 0.253 e. The first-order valence-corrected chi connectivity index (χ1v) is 14.2. The van der Waals surface area contributed by atoms with Crippen LogP contribution in [0.4, 0.5) is 5.95 Å². The highest BCUT2D eigenvalue weighted by Crippen LogP contribution is 2.24. The summed E-state index contributed by atoms with van der Waals surface area (Å²) >= 11 is 0. The van der Waals surface area contributed by atoms with E-state index in [1.165, 1.54) is 25.9 Å². The van der Waals surface area contributed by atoms with Gasteiger partial charge in [-0.25, -0.2) is 4.98 Å². The monoisotopic (exact) mass is 507 g/mol. The van der Waals surface area contributed by atoms with Gasteiger partial charge in [0.05, 0.1) is 23.8 Å². The van der Waals surface area contributed by atoms with Crippen LogP contribution in [0.5, 0.6) is 0 Å². The average molecular weight is 508 g/mol. The Hall–Kier alpha value is -2.80. The number of amides is 1. The summed E-state index contributed by atoms with van der Waals surface area (Å²) in [6, 6.07) is 9.86. The van der Waals surface area contributed by atoms with Crippen molar-refractivity contribution in [1.29, 1.82) is 0 Å². The molecule has 1 aromatic carbocycles. The number of hydrogen-bond acceptors (Lipinski definition) is 5. The van der Waals surface area contributed by atoms with Crippen LogP contribution in [0, 0.1) is 11.8 Å². The van der Waals surface area contributed by atoms with E-state index in [9.17, 15) is 4.79 Å². The summed E-state index contributed by atoms with van der Waals surface area (Å²) < 4.78 is 7.77. The van der Waals surface area contributed by atoms with Crippen molar-refractivity contribution in [3.05, 3.63) is 47.9 Å². The highest BCUT2D eigenvalue weighted by molar-refractivity contribution is 5.97. The minimum absolute atomic E-state index is 0.123. The molecule has 37 heavy (non-hydrogen) atoms. The Morgan fingerprint density at radius 1 is 1.05 bits per heavy atom. The summed E-state index contributed by atoms with van der Waals surface area (Å²) in [4.78, 5) is 23.2. The van der Waals surface area contributed by atoms with E-state index in [0.29, 0.717) is 18.4 Å². The lowest BCUT2D eigenvalue weighted by molar-refractivity contribution is 0.0741. The molecule has 3 heterocycles. The SMILES string of the molecule is CC(C)CCN(CCC(C)C)C(=O)c1ccc2nc(NCc3ccco3)n(CCCN3CCCC3)c2c1. The summed E-state index contributed by atoms with van der Waals surface area (Å²) in [7, 11) is 0. The zero-order valence-electron chi connectivity index (χ0n) is 23.2. The number of hydrogen-bond donors (Lipinski definition) is 1. The van der Waals surface area contributed by atoms with Crippen LogP contribution in [0.25, 0.3) is 11.0 Å². The molecule has 1 N–H and O–H groups in total. The van der Waals surface area contributed by atoms with Gasteiger partial charge < -0.3 is 24.1 Å². The van der Waals surface area contributed by atoms with E-state index >= 15 is 0 Å². The molecular formula is C30H45N5O2. The maximum atomic E-state index is 13.7. The zero-order valence-corrected chi connectivity index (χ0v) is 23.2. The minimum Gasteiger partial charge on any atom is -0.467 e. The second-order valence-corrected chi connectivity index (χ2v) is 11.3. The topological polar surface area (TPSA) is 66.5 Å². The fourth-order valence-electron chi connectivity index (χ4n) is 4.98. The number of furan rings is 1. The highest BCUT2D eigenvalue weighted by atomic mass is 16.3. The molecule has 0 radical (unpaired) electrons. The number of benzene rings is 1. The molecule has 3 aromatic rings. The molecule has 1 fully saturated rings. The average Bonchev–Trinajstić information content (AvgIpc) is 3.64. The standard InChI is InChI=1S/C30H45N5O2/c1-23(2)12-18-34(19-13-24(3)4)29(36)25-10-11-27-28(21-25)35(17-8-16-33-14-5-6-15-33)30(32-27)31-22-26-9-7-20-37-26/h7,9-11,20-21,23-24H,5-6,8,12-19,22H2,1-4H3,(H,31,32). The van der Waals surface area contributed by atoms with Crippen molar-refractivity contribution in [2.75, 3.05) is 38.0 Å². The van der Waals surface area contributed by atoms with E-state index in [0.717, 1.165) is 73.7 Å². The van der Waals surface area contributed by atoms with Crippen LogP contribution < -0.4 is 5.32 Å².